The quantitative estimate of drug-likeness (QED) is 0.601. The third-order valence-electron chi connectivity index (χ3n) is 3.76. The van der Waals surface area contributed by atoms with Crippen molar-refractivity contribution in [2.75, 3.05) is 4.72 Å². The van der Waals surface area contributed by atoms with Gasteiger partial charge in [-0.15, -0.1) is 0 Å². The summed E-state index contributed by atoms with van der Waals surface area (Å²) in [6.45, 7) is 0. The van der Waals surface area contributed by atoms with Gasteiger partial charge in [0.2, 0.25) is 5.95 Å². The van der Waals surface area contributed by atoms with E-state index in [1.54, 1.807) is 18.2 Å². The molecule has 0 spiro atoms. The van der Waals surface area contributed by atoms with Crippen molar-refractivity contribution in [1.82, 2.24) is 9.97 Å². The average Bonchev–Trinajstić information content (AvgIpc) is 2.61. The van der Waals surface area contributed by atoms with Gasteiger partial charge in [0.25, 0.3) is 10.0 Å². The minimum Gasteiger partial charge on any atom is -0.481 e. The Bertz CT molecular complexity index is 1050. The first-order chi connectivity index (χ1) is 12.4. The zero-order valence-corrected chi connectivity index (χ0v) is 14.3. The van der Waals surface area contributed by atoms with Crippen molar-refractivity contribution in [1.29, 1.82) is 0 Å². The molecule has 0 radical (unpaired) electrons. The topological polar surface area (TPSA) is 135 Å². The Balaban J connectivity index is 1.86. The van der Waals surface area contributed by atoms with Crippen LogP contribution in [0.4, 0.5) is 5.95 Å². The van der Waals surface area contributed by atoms with Gasteiger partial charge in [-0.25, -0.2) is 23.1 Å². The summed E-state index contributed by atoms with van der Waals surface area (Å²) in [6, 6.07) is 11.3. The fourth-order valence-corrected chi connectivity index (χ4v) is 3.68. The van der Waals surface area contributed by atoms with E-state index < -0.39 is 22.0 Å². The minimum absolute atomic E-state index is 0.117. The zero-order valence-electron chi connectivity index (χ0n) is 13.5. The molecule has 0 unspecified atom stereocenters. The third kappa shape index (κ3) is 3.79. The molecule has 9 heteroatoms. The Hall–Kier alpha value is -3.04. The zero-order chi connectivity index (χ0) is 18.7. The van der Waals surface area contributed by atoms with Crippen LogP contribution in [0.25, 0.3) is 10.8 Å². The molecule has 4 N–H and O–H groups in total. The Morgan fingerprint density at radius 3 is 2.46 bits per heavy atom. The minimum atomic E-state index is -3.89. The number of fused-ring (bicyclic) bond motifs is 1. The van der Waals surface area contributed by atoms with Gasteiger partial charge in [0.05, 0.1) is 11.3 Å². The van der Waals surface area contributed by atoms with Gasteiger partial charge in [0.1, 0.15) is 0 Å². The van der Waals surface area contributed by atoms with Gasteiger partial charge >= 0.3 is 5.97 Å². The van der Waals surface area contributed by atoms with Gasteiger partial charge in [-0.05, 0) is 11.5 Å². The summed E-state index contributed by atoms with van der Waals surface area (Å²) < 4.78 is 27.7. The molecule has 0 fully saturated rings. The average molecular weight is 372 g/mol. The van der Waals surface area contributed by atoms with E-state index in [0.29, 0.717) is 10.9 Å². The highest BCUT2D eigenvalue weighted by molar-refractivity contribution is 7.93. The number of hydrogen-bond donors (Lipinski definition) is 3. The van der Waals surface area contributed by atoms with Crippen molar-refractivity contribution >= 4 is 32.7 Å². The molecule has 26 heavy (non-hydrogen) atoms. The van der Waals surface area contributed by atoms with E-state index >= 15 is 0 Å². The molecule has 3 aromatic rings. The molecule has 0 aliphatic heterocycles. The number of aliphatic carboxylic acids is 1. The van der Waals surface area contributed by atoms with Crippen molar-refractivity contribution in [2.24, 2.45) is 5.73 Å². The molecule has 8 nitrogen and oxygen atoms in total. The maximum atomic E-state index is 12.7. The van der Waals surface area contributed by atoms with Gasteiger partial charge in [-0.2, -0.15) is 0 Å². The van der Waals surface area contributed by atoms with Crippen molar-refractivity contribution in [3.8, 4) is 0 Å². The molecule has 0 amide bonds. The lowest BCUT2D eigenvalue weighted by molar-refractivity contribution is -0.137. The Kier molecular flexibility index (Phi) is 4.83. The van der Waals surface area contributed by atoms with Gasteiger partial charge in [0, 0.05) is 29.4 Å². The van der Waals surface area contributed by atoms with E-state index in [4.69, 9.17) is 10.8 Å². The van der Waals surface area contributed by atoms with Crippen molar-refractivity contribution in [3.05, 3.63) is 60.4 Å². The number of anilines is 1. The van der Waals surface area contributed by atoms with E-state index in [0.717, 1.165) is 5.39 Å². The van der Waals surface area contributed by atoms with Crippen molar-refractivity contribution < 1.29 is 18.3 Å². The standard InChI is InChI=1S/C17H16N4O4S/c18-14(8-16(22)23)12-9-19-17(20-10-12)21-26(24,25)15-7-3-5-11-4-1-2-6-13(11)15/h1-7,9-10,14H,8,18H2,(H,22,23)(H,19,20,21)/t14-/m1/s1. The maximum absolute atomic E-state index is 12.7. The first-order valence-corrected chi connectivity index (χ1v) is 9.15. The van der Waals surface area contributed by atoms with E-state index in [-0.39, 0.29) is 17.3 Å². The molecule has 1 aromatic heterocycles. The number of nitrogens with two attached hydrogens (primary N) is 1. The van der Waals surface area contributed by atoms with Crippen LogP contribution in [0.2, 0.25) is 0 Å². The van der Waals surface area contributed by atoms with E-state index in [1.165, 1.54) is 18.5 Å². The summed E-state index contributed by atoms with van der Waals surface area (Å²) in [4.78, 5) is 18.7. The van der Waals surface area contributed by atoms with Crippen LogP contribution in [0.5, 0.6) is 0 Å². The number of nitrogens with zero attached hydrogens (tertiary/aromatic N) is 2. The molecule has 3 rings (SSSR count). The molecule has 134 valence electrons. The number of carboxylic acid groups (broad SMARTS) is 1. The third-order valence-corrected chi connectivity index (χ3v) is 5.15. The highest BCUT2D eigenvalue weighted by Crippen LogP contribution is 2.24. The Morgan fingerprint density at radius 2 is 1.77 bits per heavy atom. The molecule has 0 bridgehead atoms. The van der Waals surface area contributed by atoms with Crippen LogP contribution in [-0.2, 0) is 14.8 Å². The number of rotatable bonds is 6. The van der Waals surface area contributed by atoms with Gasteiger partial charge in [-0.1, -0.05) is 36.4 Å². The summed E-state index contributed by atoms with van der Waals surface area (Å²) in [6.07, 6.45) is 2.34. The number of carboxylic acids is 1. The Morgan fingerprint density at radius 1 is 1.12 bits per heavy atom. The second-order valence-electron chi connectivity index (χ2n) is 5.63. The lowest BCUT2D eigenvalue weighted by atomic mass is 10.1. The number of sulfonamides is 1. The summed E-state index contributed by atoms with van der Waals surface area (Å²) in [7, 11) is -3.89. The van der Waals surface area contributed by atoms with Crippen LogP contribution in [-0.4, -0.2) is 29.5 Å². The van der Waals surface area contributed by atoms with E-state index in [9.17, 15) is 13.2 Å². The summed E-state index contributed by atoms with van der Waals surface area (Å²) in [5, 5.41) is 10.1. The van der Waals surface area contributed by atoms with Crippen LogP contribution in [0, 0.1) is 0 Å². The predicted molar refractivity (Wildman–Crippen MR) is 96.0 cm³/mol. The molecule has 1 atom stereocenters. The highest BCUT2D eigenvalue weighted by Gasteiger charge is 2.19. The predicted octanol–water partition coefficient (Wildman–Crippen LogP) is 1.91. The lowest BCUT2D eigenvalue weighted by Crippen LogP contribution is -2.18. The molecule has 2 aromatic carbocycles. The molecule has 0 aliphatic rings. The van der Waals surface area contributed by atoms with Crippen LogP contribution >= 0.6 is 0 Å². The molecule has 0 aliphatic carbocycles. The first kappa shape index (κ1) is 17.8. The van der Waals surface area contributed by atoms with Crippen LogP contribution < -0.4 is 10.5 Å². The summed E-state index contributed by atoms with van der Waals surface area (Å²) >= 11 is 0. The second-order valence-corrected chi connectivity index (χ2v) is 7.28. The highest BCUT2D eigenvalue weighted by atomic mass is 32.2. The van der Waals surface area contributed by atoms with Crippen molar-refractivity contribution in [3.63, 3.8) is 0 Å². The van der Waals surface area contributed by atoms with Crippen LogP contribution in [0.1, 0.15) is 18.0 Å². The van der Waals surface area contributed by atoms with Gasteiger partial charge < -0.3 is 10.8 Å². The lowest BCUT2D eigenvalue weighted by Gasteiger charge is -2.11. The number of nitrogens with one attached hydrogen (secondary N) is 1. The molecule has 0 saturated heterocycles. The van der Waals surface area contributed by atoms with Gasteiger partial charge in [0.15, 0.2) is 0 Å². The SMILES string of the molecule is N[C@H](CC(=O)O)c1cnc(NS(=O)(=O)c2cccc3ccccc23)nc1. The van der Waals surface area contributed by atoms with E-state index in [2.05, 4.69) is 14.7 Å². The van der Waals surface area contributed by atoms with Crippen molar-refractivity contribution in [2.45, 2.75) is 17.4 Å². The number of aromatic nitrogens is 2. The molecular weight excluding hydrogens is 356 g/mol. The maximum Gasteiger partial charge on any atom is 0.305 e. The smallest absolute Gasteiger partial charge is 0.305 e. The second kappa shape index (κ2) is 7.06. The summed E-state index contributed by atoms with van der Waals surface area (Å²) in [5.41, 5.74) is 6.13. The molecule has 0 saturated carbocycles. The normalized spacial score (nSPS) is 12.7. The van der Waals surface area contributed by atoms with E-state index in [1.807, 2.05) is 18.2 Å². The van der Waals surface area contributed by atoms with Crippen LogP contribution in [0.15, 0.2) is 59.8 Å². The number of hydrogen-bond acceptors (Lipinski definition) is 6. The monoisotopic (exact) mass is 372 g/mol. The number of benzene rings is 2. The van der Waals surface area contributed by atoms with Crippen LogP contribution in [0.3, 0.4) is 0 Å². The fraction of sp³-hybridized carbons (Fsp3) is 0.118. The summed E-state index contributed by atoms with van der Waals surface area (Å²) in [5.74, 6) is -1.16. The largest absolute Gasteiger partial charge is 0.481 e. The Labute approximate surface area is 149 Å². The fourth-order valence-electron chi connectivity index (χ4n) is 2.49. The van der Waals surface area contributed by atoms with Gasteiger partial charge in [-0.3, -0.25) is 4.79 Å². The molecule has 1 heterocycles. The molecular formula is C17H16N4O4S. The first-order valence-electron chi connectivity index (χ1n) is 7.67. The number of carbonyl (C=O) groups is 1.